The van der Waals surface area contributed by atoms with E-state index in [0.717, 1.165) is 63.6 Å². The molecule has 2 aromatic carbocycles. The minimum absolute atomic E-state index is 0.0196. The molecule has 1 heterocycles. The van der Waals surface area contributed by atoms with Gasteiger partial charge in [0.05, 0.1) is 31.2 Å². The topological polar surface area (TPSA) is 152 Å². The molecule has 4 aliphatic carbocycles. The molecule has 7 rings (SSSR count). The van der Waals surface area contributed by atoms with Crippen molar-refractivity contribution in [1.82, 2.24) is 24.9 Å². The first-order valence-electron chi connectivity index (χ1n) is 19.5. The average molecular weight is 743 g/mol. The normalized spacial score (nSPS) is 23.4. The number of amides is 2. The summed E-state index contributed by atoms with van der Waals surface area (Å²) in [6.07, 6.45) is 6.20. The lowest BCUT2D eigenvalue weighted by atomic mass is 9.48. The minimum atomic E-state index is -1.33. The molecule has 1 unspecified atom stereocenters. The number of nitrogens with two attached hydrogens (primary N) is 1. The predicted octanol–water partition coefficient (Wildman–Crippen LogP) is 5.82. The van der Waals surface area contributed by atoms with Gasteiger partial charge in [-0.3, -0.25) is 9.59 Å². The van der Waals surface area contributed by atoms with Crippen LogP contribution in [0.25, 0.3) is 16.9 Å². The third-order valence-electron chi connectivity index (χ3n) is 12.2. The second kappa shape index (κ2) is 16.1. The van der Waals surface area contributed by atoms with Crippen LogP contribution in [0.4, 0.5) is 0 Å². The van der Waals surface area contributed by atoms with Crippen molar-refractivity contribution in [2.45, 2.75) is 83.2 Å². The Balaban J connectivity index is 1.35. The first kappa shape index (κ1) is 39.3. The molecule has 12 nitrogen and oxygen atoms in total. The van der Waals surface area contributed by atoms with Gasteiger partial charge in [0.2, 0.25) is 0 Å². The molecule has 0 spiro atoms. The fourth-order valence-corrected chi connectivity index (χ4v) is 9.52. The van der Waals surface area contributed by atoms with E-state index in [1.165, 1.54) is 0 Å². The summed E-state index contributed by atoms with van der Waals surface area (Å²) in [5, 5.41) is 18.7. The quantitative estimate of drug-likeness (QED) is 0.165. The number of carbonyl (C=O) groups excluding carboxylic acids is 2. The first-order valence-corrected chi connectivity index (χ1v) is 19.5. The Morgan fingerprint density at radius 3 is 2.13 bits per heavy atom. The van der Waals surface area contributed by atoms with Gasteiger partial charge >= 0.3 is 5.97 Å². The van der Waals surface area contributed by atoms with Gasteiger partial charge in [-0.25, -0.2) is 9.48 Å². The molecule has 54 heavy (non-hydrogen) atoms. The number of carboxylic acid groups (broad SMARTS) is 1. The maximum Gasteiger partial charge on any atom is 0.330 e. The molecular weight excluding hydrogens is 684 g/mol. The second-order valence-corrected chi connectivity index (χ2v) is 16.4. The van der Waals surface area contributed by atoms with Crippen molar-refractivity contribution in [3.63, 3.8) is 0 Å². The van der Waals surface area contributed by atoms with Crippen LogP contribution >= 0.6 is 0 Å². The SMILES string of the molecule is COc1cccc(OC)c1-c1cc(C(=O)NC2(C(=O)O)C3CC4CC(C3)CC2C4)nn1-c1ccc(C(=O)N(C)CCCN(C)CCC(C)N)cc1C(C)C. The third-order valence-corrected chi connectivity index (χ3v) is 12.2. The number of nitrogens with one attached hydrogen (secondary N) is 1. The number of benzene rings is 2. The second-order valence-electron chi connectivity index (χ2n) is 16.4. The lowest BCUT2D eigenvalue weighted by molar-refractivity contribution is -0.163. The molecule has 1 atom stereocenters. The van der Waals surface area contributed by atoms with Gasteiger partial charge in [-0.2, -0.15) is 5.10 Å². The van der Waals surface area contributed by atoms with Crippen molar-refractivity contribution >= 4 is 17.8 Å². The molecule has 0 aliphatic heterocycles. The lowest BCUT2D eigenvalue weighted by Crippen LogP contribution is -2.70. The van der Waals surface area contributed by atoms with Gasteiger partial charge in [-0.1, -0.05) is 19.9 Å². The van der Waals surface area contributed by atoms with E-state index < -0.39 is 17.4 Å². The zero-order valence-electron chi connectivity index (χ0n) is 32.9. The van der Waals surface area contributed by atoms with Crippen LogP contribution in [0.3, 0.4) is 0 Å². The summed E-state index contributed by atoms with van der Waals surface area (Å²) >= 11 is 0. The van der Waals surface area contributed by atoms with Crippen LogP contribution in [0, 0.1) is 23.7 Å². The molecule has 3 aromatic rings. The van der Waals surface area contributed by atoms with Crippen LogP contribution in [-0.4, -0.2) is 102 Å². The summed E-state index contributed by atoms with van der Waals surface area (Å²) in [5.74, 6) is 0.297. The van der Waals surface area contributed by atoms with Gasteiger partial charge in [0.25, 0.3) is 11.8 Å². The Bertz CT molecular complexity index is 1800. The molecular formula is C42H58N6O6. The van der Waals surface area contributed by atoms with Crippen molar-refractivity contribution < 1.29 is 29.0 Å². The van der Waals surface area contributed by atoms with Crippen LogP contribution in [0.5, 0.6) is 11.5 Å². The monoisotopic (exact) mass is 742 g/mol. The molecule has 4 aliphatic rings. The van der Waals surface area contributed by atoms with Crippen molar-refractivity contribution in [2.24, 2.45) is 29.4 Å². The predicted molar refractivity (Wildman–Crippen MR) is 208 cm³/mol. The molecule has 4 bridgehead atoms. The Kier molecular flexibility index (Phi) is 11.7. The van der Waals surface area contributed by atoms with Gasteiger partial charge < -0.3 is 35.4 Å². The van der Waals surface area contributed by atoms with Crippen LogP contribution in [0.2, 0.25) is 0 Å². The number of aromatic nitrogens is 2. The highest BCUT2D eigenvalue weighted by Gasteiger charge is 2.62. The van der Waals surface area contributed by atoms with E-state index in [9.17, 15) is 19.5 Å². The number of carboxylic acids is 1. The first-order chi connectivity index (χ1) is 25.8. The summed E-state index contributed by atoms with van der Waals surface area (Å²) < 4.78 is 13.3. The van der Waals surface area contributed by atoms with Gasteiger partial charge in [0.1, 0.15) is 17.0 Å². The number of carbonyl (C=O) groups is 3. The van der Waals surface area contributed by atoms with E-state index in [0.29, 0.717) is 52.4 Å². The summed E-state index contributed by atoms with van der Waals surface area (Å²) in [5.41, 5.74) is 7.91. The van der Waals surface area contributed by atoms with Crippen LogP contribution in [0.15, 0.2) is 42.5 Å². The Labute approximate surface area is 319 Å². The molecule has 0 radical (unpaired) electrons. The number of hydrogen-bond acceptors (Lipinski definition) is 8. The summed E-state index contributed by atoms with van der Waals surface area (Å²) in [6.45, 7) is 8.50. The average Bonchev–Trinajstić information content (AvgIpc) is 3.59. The largest absolute Gasteiger partial charge is 0.496 e. The highest BCUT2D eigenvalue weighted by molar-refractivity contribution is 5.98. The summed E-state index contributed by atoms with van der Waals surface area (Å²) in [6, 6.07) is 12.9. The van der Waals surface area contributed by atoms with Crippen molar-refractivity contribution in [1.29, 1.82) is 0 Å². The minimum Gasteiger partial charge on any atom is -0.496 e. The fraction of sp³-hybridized carbons (Fsp3) is 0.571. The maximum atomic E-state index is 14.3. The van der Waals surface area contributed by atoms with Crippen LogP contribution in [0.1, 0.15) is 98.0 Å². The standard InChI is InChI=1S/C42H58N6O6/c1-25(2)32-23-29(40(50)47(5)16-9-15-46(4)17-14-26(3)43)12-13-34(32)48-35(38-36(53-6)10-8-11-37(38)54-7)24-33(45-48)39(49)44-42(41(51)52)30-19-27-18-28(21-30)22-31(42)20-27/h8,10-13,23-28,30-31H,9,14-22,43H2,1-7H3,(H,44,49)(H,51,52). The Morgan fingerprint density at radius 2 is 1.57 bits per heavy atom. The van der Waals surface area contributed by atoms with E-state index in [-0.39, 0.29) is 35.4 Å². The summed E-state index contributed by atoms with van der Waals surface area (Å²) in [4.78, 5) is 45.2. The number of aliphatic carboxylic acids is 1. The molecule has 4 N–H and O–H groups in total. The smallest absolute Gasteiger partial charge is 0.330 e. The Morgan fingerprint density at radius 1 is 0.944 bits per heavy atom. The highest BCUT2D eigenvalue weighted by atomic mass is 16.5. The Hall–Kier alpha value is -4.42. The van der Waals surface area contributed by atoms with Gasteiger partial charge in [-0.05, 0) is 144 Å². The molecule has 292 valence electrons. The number of hydrogen-bond donors (Lipinski definition) is 3. The number of rotatable bonds is 16. The van der Waals surface area contributed by atoms with Crippen molar-refractivity contribution in [3.8, 4) is 28.4 Å². The zero-order valence-corrected chi connectivity index (χ0v) is 32.9. The molecule has 12 heteroatoms. The van der Waals surface area contributed by atoms with E-state index >= 15 is 0 Å². The lowest BCUT2D eigenvalue weighted by Gasteiger charge is -2.59. The molecule has 1 aromatic heterocycles. The van der Waals surface area contributed by atoms with Crippen molar-refractivity contribution in [2.75, 3.05) is 47.9 Å². The number of methoxy groups -OCH3 is 2. The van der Waals surface area contributed by atoms with Gasteiger partial charge in [-0.15, -0.1) is 0 Å². The van der Waals surface area contributed by atoms with Gasteiger partial charge in [0, 0.05) is 25.2 Å². The molecule has 0 saturated heterocycles. The molecule has 4 fully saturated rings. The van der Waals surface area contributed by atoms with E-state index in [4.69, 9.17) is 20.3 Å². The number of nitrogens with zero attached hydrogens (tertiary/aromatic N) is 4. The maximum absolute atomic E-state index is 14.3. The molecule has 4 saturated carbocycles. The highest BCUT2D eigenvalue weighted by Crippen LogP contribution is 2.58. The molecule has 2 amide bonds. The van der Waals surface area contributed by atoms with Gasteiger partial charge in [0.15, 0.2) is 5.69 Å². The summed E-state index contributed by atoms with van der Waals surface area (Å²) in [7, 11) is 7.05. The van der Waals surface area contributed by atoms with E-state index in [1.54, 1.807) is 35.9 Å². The number of ether oxygens (including phenoxy) is 2. The van der Waals surface area contributed by atoms with Crippen LogP contribution in [-0.2, 0) is 4.79 Å². The van der Waals surface area contributed by atoms with E-state index in [1.807, 2.05) is 44.3 Å². The zero-order chi connectivity index (χ0) is 38.9. The fourth-order valence-electron chi connectivity index (χ4n) is 9.52. The van der Waals surface area contributed by atoms with Crippen LogP contribution < -0.4 is 20.5 Å². The third kappa shape index (κ3) is 7.60. The van der Waals surface area contributed by atoms with E-state index in [2.05, 4.69) is 31.1 Å². The van der Waals surface area contributed by atoms with Crippen molar-refractivity contribution in [3.05, 3.63) is 59.3 Å².